The molecule has 8 aromatic rings. The van der Waals surface area contributed by atoms with Gasteiger partial charge in [-0.3, -0.25) is 0 Å². The Bertz CT molecular complexity index is 2020. The minimum atomic E-state index is 1.25. The van der Waals surface area contributed by atoms with Gasteiger partial charge in [0.05, 0.1) is 0 Å². The maximum absolute atomic E-state index is 2.39. The van der Waals surface area contributed by atoms with Gasteiger partial charge in [0.1, 0.15) is 0 Å². The SMILES string of the molecule is c1ccc2c(-c3ccc4ccc5ccc6ccc(-c7cccc8ccccc78)cc6c5c4c3)cccc2c1. The van der Waals surface area contributed by atoms with Gasteiger partial charge in [-0.05, 0) is 88.2 Å². The molecule has 0 aromatic heterocycles. The van der Waals surface area contributed by atoms with Crippen molar-refractivity contribution in [2.45, 2.75) is 0 Å². The van der Waals surface area contributed by atoms with E-state index in [1.807, 2.05) is 0 Å². The lowest BCUT2D eigenvalue weighted by Gasteiger charge is -2.13. The van der Waals surface area contributed by atoms with Crippen LogP contribution in [0.15, 0.2) is 146 Å². The molecular formula is C38H24. The van der Waals surface area contributed by atoms with Crippen molar-refractivity contribution < 1.29 is 0 Å². The molecule has 0 saturated heterocycles. The molecule has 0 aliphatic carbocycles. The fraction of sp³-hybridized carbons (Fsp3) is 0. The van der Waals surface area contributed by atoms with E-state index in [1.165, 1.54) is 76.1 Å². The van der Waals surface area contributed by atoms with Gasteiger partial charge < -0.3 is 0 Å². The quantitative estimate of drug-likeness (QED) is 0.216. The van der Waals surface area contributed by atoms with Crippen molar-refractivity contribution in [1.29, 1.82) is 0 Å². The maximum atomic E-state index is 2.39. The van der Waals surface area contributed by atoms with Crippen LogP contribution in [0, 0.1) is 0 Å². The largest absolute Gasteiger partial charge is 0.0616 e. The van der Waals surface area contributed by atoms with Crippen molar-refractivity contribution in [2.24, 2.45) is 0 Å². The number of hydrogen-bond acceptors (Lipinski definition) is 0. The van der Waals surface area contributed by atoms with E-state index in [9.17, 15) is 0 Å². The first-order valence-corrected chi connectivity index (χ1v) is 13.2. The Hall–Kier alpha value is -4.94. The highest BCUT2D eigenvalue weighted by Gasteiger charge is 2.11. The minimum absolute atomic E-state index is 1.25. The van der Waals surface area contributed by atoms with E-state index in [-0.39, 0.29) is 0 Å². The monoisotopic (exact) mass is 480 g/mol. The van der Waals surface area contributed by atoms with Crippen LogP contribution in [0.2, 0.25) is 0 Å². The molecule has 0 atom stereocenters. The average Bonchev–Trinajstić information content (AvgIpc) is 2.99. The Labute approximate surface area is 221 Å². The Kier molecular flexibility index (Phi) is 4.62. The Morgan fingerprint density at radius 1 is 0.263 bits per heavy atom. The fourth-order valence-electron chi connectivity index (χ4n) is 6.16. The summed E-state index contributed by atoms with van der Waals surface area (Å²) in [5.74, 6) is 0. The summed E-state index contributed by atoms with van der Waals surface area (Å²) in [6, 6.07) is 53.4. The van der Waals surface area contributed by atoms with Gasteiger partial charge in [0.2, 0.25) is 0 Å². The van der Waals surface area contributed by atoms with Crippen molar-refractivity contribution in [2.75, 3.05) is 0 Å². The van der Waals surface area contributed by atoms with Crippen LogP contribution in [-0.4, -0.2) is 0 Å². The van der Waals surface area contributed by atoms with Crippen molar-refractivity contribution in [3.8, 4) is 22.3 Å². The van der Waals surface area contributed by atoms with Crippen LogP contribution < -0.4 is 0 Å². The zero-order valence-electron chi connectivity index (χ0n) is 20.9. The van der Waals surface area contributed by atoms with Crippen LogP contribution in [0.5, 0.6) is 0 Å². The molecule has 38 heavy (non-hydrogen) atoms. The van der Waals surface area contributed by atoms with E-state index >= 15 is 0 Å². The molecule has 0 fully saturated rings. The third kappa shape index (κ3) is 3.24. The Morgan fingerprint density at radius 3 is 1.18 bits per heavy atom. The van der Waals surface area contributed by atoms with E-state index in [0.29, 0.717) is 0 Å². The molecule has 0 heterocycles. The molecule has 0 aliphatic rings. The smallest absolute Gasteiger partial charge is 0.00264 e. The average molecular weight is 481 g/mol. The predicted octanol–water partition coefficient (Wildman–Crippen LogP) is 10.8. The Morgan fingerprint density at radius 2 is 0.658 bits per heavy atom. The first kappa shape index (κ1) is 21.2. The van der Waals surface area contributed by atoms with E-state index in [0.717, 1.165) is 0 Å². The van der Waals surface area contributed by atoms with Crippen LogP contribution in [-0.2, 0) is 0 Å². The molecule has 0 radical (unpaired) electrons. The Balaban J connectivity index is 1.43. The molecule has 8 rings (SSSR count). The molecule has 8 aromatic carbocycles. The lowest BCUT2D eigenvalue weighted by Crippen LogP contribution is -1.86. The summed E-state index contributed by atoms with van der Waals surface area (Å²) in [6.07, 6.45) is 0. The standard InChI is InChI=1S/C38H24/c1-3-11-32-25(7-1)9-5-13-34(32)30-21-17-27-15-19-29-20-16-28-18-22-31(24-37(28)38(29)36(27)23-30)35-14-6-10-26-8-2-4-12-33(26)35/h1-24H. The first-order valence-electron chi connectivity index (χ1n) is 13.2. The number of fused-ring (bicyclic) bond motifs is 7. The molecule has 0 amide bonds. The summed E-state index contributed by atoms with van der Waals surface area (Å²) in [6.45, 7) is 0. The maximum Gasteiger partial charge on any atom is -0.00264 e. The zero-order chi connectivity index (χ0) is 25.1. The summed E-state index contributed by atoms with van der Waals surface area (Å²) in [5.41, 5.74) is 5.06. The van der Waals surface area contributed by atoms with Gasteiger partial charge in [-0.2, -0.15) is 0 Å². The number of benzene rings is 8. The second-order valence-electron chi connectivity index (χ2n) is 10.2. The van der Waals surface area contributed by atoms with E-state index in [4.69, 9.17) is 0 Å². The second kappa shape index (κ2) is 8.30. The van der Waals surface area contributed by atoms with Crippen molar-refractivity contribution in [1.82, 2.24) is 0 Å². The van der Waals surface area contributed by atoms with Gasteiger partial charge in [0.15, 0.2) is 0 Å². The van der Waals surface area contributed by atoms with Crippen molar-refractivity contribution in [3.05, 3.63) is 146 Å². The van der Waals surface area contributed by atoms with E-state index in [1.54, 1.807) is 0 Å². The fourth-order valence-corrected chi connectivity index (χ4v) is 6.16. The van der Waals surface area contributed by atoms with Crippen LogP contribution >= 0.6 is 0 Å². The van der Waals surface area contributed by atoms with Gasteiger partial charge in [-0.15, -0.1) is 0 Å². The molecule has 0 spiro atoms. The van der Waals surface area contributed by atoms with Gasteiger partial charge in [-0.25, -0.2) is 0 Å². The summed E-state index contributed by atoms with van der Waals surface area (Å²) in [7, 11) is 0. The van der Waals surface area contributed by atoms with E-state index in [2.05, 4.69) is 146 Å². The molecule has 0 nitrogen and oxygen atoms in total. The lowest BCUT2D eigenvalue weighted by atomic mass is 9.90. The molecule has 176 valence electrons. The third-order valence-electron chi connectivity index (χ3n) is 8.02. The highest BCUT2D eigenvalue weighted by Crippen LogP contribution is 2.38. The van der Waals surface area contributed by atoms with Crippen molar-refractivity contribution >= 4 is 53.9 Å². The lowest BCUT2D eigenvalue weighted by molar-refractivity contribution is 1.68. The second-order valence-corrected chi connectivity index (χ2v) is 10.2. The molecule has 0 saturated carbocycles. The molecule has 0 bridgehead atoms. The summed E-state index contributed by atoms with van der Waals surface area (Å²) >= 11 is 0. The van der Waals surface area contributed by atoms with Crippen LogP contribution in [0.4, 0.5) is 0 Å². The molecule has 0 unspecified atom stereocenters. The number of rotatable bonds is 2. The summed E-state index contributed by atoms with van der Waals surface area (Å²) in [5, 5.41) is 12.9. The van der Waals surface area contributed by atoms with Gasteiger partial charge in [0.25, 0.3) is 0 Å². The molecule has 0 N–H and O–H groups in total. The van der Waals surface area contributed by atoms with Gasteiger partial charge in [-0.1, -0.05) is 133 Å². The van der Waals surface area contributed by atoms with Gasteiger partial charge in [0, 0.05) is 0 Å². The first-order chi connectivity index (χ1) is 18.8. The van der Waals surface area contributed by atoms with Gasteiger partial charge >= 0.3 is 0 Å². The summed E-state index contributed by atoms with van der Waals surface area (Å²) < 4.78 is 0. The molecule has 0 heteroatoms. The van der Waals surface area contributed by atoms with Crippen LogP contribution in [0.25, 0.3) is 76.1 Å². The van der Waals surface area contributed by atoms with Crippen LogP contribution in [0.1, 0.15) is 0 Å². The minimum Gasteiger partial charge on any atom is -0.0616 e. The van der Waals surface area contributed by atoms with Crippen LogP contribution in [0.3, 0.4) is 0 Å². The highest BCUT2D eigenvalue weighted by molar-refractivity contribution is 6.21. The molecule has 0 aliphatic heterocycles. The van der Waals surface area contributed by atoms with Crippen molar-refractivity contribution in [3.63, 3.8) is 0 Å². The predicted molar refractivity (Wildman–Crippen MR) is 165 cm³/mol. The third-order valence-corrected chi connectivity index (χ3v) is 8.02. The topological polar surface area (TPSA) is 0 Å². The highest BCUT2D eigenvalue weighted by atomic mass is 14.1. The van der Waals surface area contributed by atoms with E-state index < -0.39 is 0 Å². The molecular weight excluding hydrogens is 456 g/mol. The summed E-state index contributed by atoms with van der Waals surface area (Å²) in [4.78, 5) is 0. The normalized spacial score (nSPS) is 11.7. The zero-order valence-corrected chi connectivity index (χ0v) is 20.9. The number of hydrogen-bond donors (Lipinski definition) is 0.